The summed E-state index contributed by atoms with van der Waals surface area (Å²) in [7, 11) is -2.25. The summed E-state index contributed by atoms with van der Waals surface area (Å²) in [4.78, 5) is 12.6. The lowest BCUT2D eigenvalue weighted by Gasteiger charge is -2.34. The lowest BCUT2D eigenvalue weighted by Crippen LogP contribution is -2.48. The van der Waals surface area contributed by atoms with Gasteiger partial charge in [0, 0.05) is 23.7 Å². The molecule has 1 saturated heterocycles. The zero-order valence-electron chi connectivity index (χ0n) is 17.0. The van der Waals surface area contributed by atoms with Crippen LogP contribution in [-0.2, 0) is 26.1 Å². The molecule has 0 amide bonds. The van der Waals surface area contributed by atoms with E-state index in [2.05, 4.69) is 0 Å². The zero-order valence-corrected chi connectivity index (χ0v) is 18.6. The second kappa shape index (κ2) is 9.34. The van der Waals surface area contributed by atoms with Gasteiger partial charge in [0.2, 0.25) is 10.0 Å². The maximum Gasteiger partial charge on any atom is 0.338 e. The molecule has 1 aliphatic rings. The monoisotopic (exact) mass is 453 g/mol. The minimum Gasteiger partial charge on any atom is -0.496 e. The SMILES string of the molecule is COc1ccc(Cl)cc1COC(=O)c1cccc(S(=O)(=O)N2CC(C)OC(C)C2)c1. The van der Waals surface area contributed by atoms with Crippen LogP contribution < -0.4 is 4.74 Å². The highest BCUT2D eigenvalue weighted by Crippen LogP contribution is 2.25. The third-order valence-electron chi connectivity index (χ3n) is 4.69. The summed E-state index contributed by atoms with van der Waals surface area (Å²) in [6.45, 7) is 4.12. The number of hydrogen-bond donors (Lipinski definition) is 0. The van der Waals surface area contributed by atoms with Crippen LogP contribution in [-0.4, -0.2) is 51.1 Å². The Hall–Kier alpha value is -2.13. The van der Waals surface area contributed by atoms with Crippen LogP contribution in [0, 0.1) is 0 Å². The molecule has 0 spiro atoms. The van der Waals surface area contributed by atoms with Crippen molar-refractivity contribution >= 4 is 27.6 Å². The number of rotatable bonds is 6. The normalized spacial score (nSPS) is 20.0. The zero-order chi connectivity index (χ0) is 21.9. The van der Waals surface area contributed by atoms with Gasteiger partial charge in [-0.15, -0.1) is 0 Å². The van der Waals surface area contributed by atoms with Crippen molar-refractivity contribution in [3.63, 3.8) is 0 Å². The third-order valence-corrected chi connectivity index (χ3v) is 6.76. The van der Waals surface area contributed by atoms with Crippen molar-refractivity contribution in [1.29, 1.82) is 0 Å². The minimum absolute atomic E-state index is 0.0404. The molecule has 0 aliphatic carbocycles. The fourth-order valence-electron chi connectivity index (χ4n) is 3.35. The highest BCUT2D eigenvalue weighted by Gasteiger charge is 2.32. The van der Waals surface area contributed by atoms with Gasteiger partial charge in [0.15, 0.2) is 0 Å². The van der Waals surface area contributed by atoms with Gasteiger partial charge >= 0.3 is 5.97 Å². The van der Waals surface area contributed by atoms with E-state index in [9.17, 15) is 13.2 Å². The molecule has 9 heteroatoms. The Balaban J connectivity index is 1.76. The van der Waals surface area contributed by atoms with Crippen molar-refractivity contribution in [2.24, 2.45) is 0 Å². The molecule has 0 aromatic heterocycles. The number of esters is 1. The van der Waals surface area contributed by atoms with Gasteiger partial charge in [0.25, 0.3) is 0 Å². The number of hydrogen-bond acceptors (Lipinski definition) is 6. The Bertz CT molecular complexity index is 1020. The van der Waals surface area contributed by atoms with E-state index in [0.29, 0.717) is 16.3 Å². The average Bonchev–Trinajstić information content (AvgIpc) is 2.71. The number of benzene rings is 2. The highest BCUT2D eigenvalue weighted by atomic mass is 35.5. The Kier molecular flexibility index (Phi) is 7.02. The smallest absolute Gasteiger partial charge is 0.338 e. The summed E-state index contributed by atoms with van der Waals surface area (Å²) in [5, 5.41) is 0.490. The van der Waals surface area contributed by atoms with Crippen LogP contribution in [0.4, 0.5) is 0 Å². The summed E-state index contributed by atoms with van der Waals surface area (Å²) in [5.41, 5.74) is 0.754. The lowest BCUT2D eigenvalue weighted by atomic mass is 10.2. The van der Waals surface area contributed by atoms with E-state index in [1.54, 1.807) is 18.2 Å². The second-order valence-corrected chi connectivity index (χ2v) is 9.51. The number of halogens is 1. The number of ether oxygens (including phenoxy) is 3. The fourth-order valence-corrected chi connectivity index (χ4v) is 5.18. The Morgan fingerprint density at radius 1 is 1.17 bits per heavy atom. The number of carbonyl (C=O) groups excluding carboxylic acids is 1. The molecule has 0 saturated carbocycles. The first-order valence-corrected chi connectivity index (χ1v) is 11.3. The maximum absolute atomic E-state index is 13.0. The number of nitrogens with zero attached hydrogens (tertiary/aromatic N) is 1. The van der Waals surface area contributed by atoms with E-state index in [4.69, 9.17) is 25.8 Å². The predicted molar refractivity (Wildman–Crippen MR) is 112 cm³/mol. The van der Waals surface area contributed by atoms with E-state index in [1.165, 1.54) is 35.7 Å². The molecule has 0 bridgehead atoms. The van der Waals surface area contributed by atoms with Gasteiger partial charge in [-0.1, -0.05) is 17.7 Å². The molecule has 1 fully saturated rings. The van der Waals surface area contributed by atoms with Crippen LogP contribution in [0.3, 0.4) is 0 Å². The molecule has 1 heterocycles. The van der Waals surface area contributed by atoms with Crippen LogP contribution in [0.25, 0.3) is 0 Å². The molecule has 2 aromatic carbocycles. The van der Waals surface area contributed by atoms with Gasteiger partial charge in [-0.3, -0.25) is 0 Å². The van der Waals surface area contributed by atoms with Gasteiger partial charge < -0.3 is 14.2 Å². The molecule has 0 radical (unpaired) electrons. The summed E-state index contributed by atoms with van der Waals surface area (Å²) < 4.78 is 43.7. The van der Waals surface area contributed by atoms with Crippen molar-refractivity contribution in [2.45, 2.75) is 37.6 Å². The van der Waals surface area contributed by atoms with E-state index in [1.807, 2.05) is 13.8 Å². The topological polar surface area (TPSA) is 82.1 Å². The molecular weight excluding hydrogens is 430 g/mol. The van der Waals surface area contributed by atoms with Crippen molar-refractivity contribution in [2.75, 3.05) is 20.2 Å². The van der Waals surface area contributed by atoms with E-state index in [-0.39, 0.29) is 42.4 Å². The number of sulfonamides is 1. The lowest BCUT2D eigenvalue weighted by molar-refractivity contribution is -0.0440. The summed E-state index contributed by atoms with van der Waals surface area (Å²) in [5.74, 6) is -0.100. The van der Waals surface area contributed by atoms with Gasteiger partial charge in [0.1, 0.15) is 12.4 Å². The molecule has 30 heavy (non-hydrogen) atoms. The highest BCUT2D eigenvalue weighted by molar-refractivity contribution is 7.89. The van der Waals surface area contributed by atoms with Gasteiger partial charge in [-0.05, 0) is 50.2 Å². The van der Waals surface area contributed by atoms with Crippen LogP contribution >= 0.6 is 11.6 Å². The Morgan fingerprint density at radius 2 is 1.87 bits per heavy atom. The number of carbonyl (C=O) groups is 1. The number of morpholine rings is 1. The van der Waals surface area contributed by atoms with Gasteiger partial charge in [-0.25, -0.2) is 13.2 Å². The Morgan fingerprint density at radius 3 is 2.53 bits per heavy atom. The fraction of sp³-hybridized carbons (Fsp3) is 0.381. The van der Waals surface area contributed by atoms with E-state index >= 15 is 0 Å². The molecule has 2 atom stereocenters. The molecule has 2 unspecified atom stereocenters. The first kappa shape index (κ1) is 22.6. The van der Waals surface area contributed by atoms with Crippen LogP contribution in [0.5, 0.6) is 5.75 Å². The maximum atomic E-state index is 13.0. The largest absolute Gasteiger partial charge is 0.496 e. The third kappa shape index (κ3) is 5.13. The van der Waals surface area contributed by atoms with Gasteiger partial charge in [0.05, 0.1) is 29.8 Å². The molecule has 3 rings (SSSR count). The van der Waals surface area contributed by atoms with E-state index < -0.39 is 16.0 Å². The molecular formula is C21H24ClNO6S. The molecule has 162 valence electrons. The summed E-state index contributed by atoms with van der Waals surface area (Å²) in [6.07, 6.45) is -0.409. The minimum atomic E-state index is -3.76. The summed E-state index contributed by atoms with van der Waals surface area (Å²) >= 11 is 6.00. The van der Waals surface area contributed by atoms with E-state index in [0.717, 1.165) is 0 Å². The van der Waals surface area contributed by atoms with Crippen molar-refractivity contribution in [3.8, 4) is 5.75 Å². The van der Waals surface area contributed by atoms with Crippen molar-refractivity contribution in [3.05, 3.63) is 58.6 Å². The quantitative estimate of drug-likeness (QED) is 0.622. The van der Waals surface area contributed by atoms with Crippen molar-refractivity contribution < 1.29 is 27.4 Å². The van der Waals surface area contributed by atoms with Crippen LogP contribution in [0.15, 0.2) is 47.4 Å². The van der Waals surface area contributed by atoms with Crippen molar-refractivity contribution in [1.82, 2.24) is 4.31 Å². The first-order chi connectivity index (χ1) is 14.2. The van der Waals surface area contributed by atoms with Crippen LogP contribution in [0.2, 0.25) is 5.02 Å². The summed E-state index contributed by atoms with van der Waals surface area (Å²) in [6, 6.07) is 10.8. The molecule has 2 aromatic rings. The average molecular weight is 454 g/mol. The Labute approximate surface area is 181 Å². The standard InChI is InChI=1S/C21H24ClNO6S/c1-14-11-23(12-15(2)29-14)30(25,26)19-6-4-5-16(10-19)21(24)28-13-17-9-18(22)7-8-20(17)27-3/h4-10,14-15H,11-13H2,1-3H3. The molecule has 0 N–H and O–H groups in total. The van der Waals surface area contributed by atoms with Gasteiger partial charge in [-0.2, -0.15) is 4.31 Å². The second-order valence-electron chi connectivity index (χ2n) is 7.14. The number of methoxy groups -OCH3 is 1. The molecule has 1 aliphatic heterocycles. The predicted octanol–water partition coefficient (Wildman–Crippen LogP) is 3.50. The molecule has 7 nitrogen and oxygen atoms in total. The van der Waals surface area contributed by atoms with Crippen LogP contribution in [0.1, 0.15) is 29.8 Å². The first-order valence-electron chi connectivity index (χ1n) is 9.46.